The molecule has 0 amide bonds. The van der Waals surface area contributed by atoms with Crippen molar-refractivity contribution in [2.75, 3.05) is 7.05 Å². The Kier molecular flexibility index (Phi) is 3.90. The predicted molar refractivity (Wildman–Crippen MR) is 59.5 cm³/mol. The fourth-order valence-corrected chi connectivity index (χ4v) is 1.34. The van der Waals surface area contributed by atoms with Gasteiger partial charge >= 0.3 is 0 Å². The van der Waals surface area contributed by atoms with Gasteiger partial charge in [-0.2, -0.15) is 5.26 Å². The molecule has 0 aromatic heterocycles. The number of aliphatic hydroxyl groups excluding tert-OH is 1. The van der Waals surface area contributed by atoms with Gasteiger partial charge in [-0.1, -0.05) is 18.7 Å². The summed E-state index contributed by atoms with van der Waals surface area (Å²) in [5.41, 5.74) is 1.70. The van der Waals surface area contributed by atoms with E-state index in [1.54, 1.807) is 19.2 Å². The van der Waals surface area contributed by atoms with Crippen molar-refractivity contribution in [3.63, 3.8) is 0 Å². The molecule has 0 radical (unpaired) electrons. The van der Waals surface area contributed by atoms with Crippen molar-refractivity contribution in [3.8, 4) is 6.07 Å². The van der Waals surface area contributed by atoms with Crippen LogP contribution in [0.2, 0.25) is 0 Å². The normalized spacial score (nSPS) is 11.7. The van der Waals surface area contributed by atoms with Gasteiger partial charge in [0.1, 0.15) is 5.76 Å². The molecule has 78 valence electrons. The van der Waals surface area contributed by atoms with Gasteiger partial charge in [0.05, 0.1) is 17.7 Å². The lowest BCUT2D eigenvalue weighted by molar-refractivity contribution is 0.349. The quantitative estimate of drug-likeness (QED) is 0.731. The van der Waals surface area contributed by atoms with E-state index in [-0.39, 0.29) is 11.8 Å². The zero-order chi connectivity index (χ0) is 11.3. The van der Waals surface area contributed by atoms with Crippen molar-refractivity contribution in [3.05, 3.63) is 47.7 Å². The van der Waals surface area contributed by atoms with E-state index >= 15 is 0 Å². The molecule has 3 nitrogen and oxygen atoms in total. The minimum atomic E-state index is -0.141. The summed E-state index contributed by atoms with van der Waals surface area (Å²) in [5.74, 6) is 0.127. The van der Waals surface area contributed by atoms with Crippen LogP contribution in [0, 0.1) is 11.3 Å². The molecule has 0 heterocycles. The van der Waals surface area contributed by atoms with E-state index in [9.17, 15) is 5.11 Å². The van der Waals surface area contributed by atoms with Crippen LogP contribution in [0.3, 0.4) is 0 Å². The Morgan fingerprint density at radius 1 is 1.53 bits per heavy atom. The first kappa shape index (κ1) is 11.3. The molecule has 0 saturated carbocycles. The molecule has 0 aliphatic heterocycles. The molecule has 0 bridgehead atoms. The summed E-state index contributed by atoms with van der Waals surface area (Å²) < 4.78 is 0. The van der Waals surface area contributed by atoms with Crippen LogP contribution in [-0.4, -0.2) is 18.2 Å². The maximum atomic E-state index is 9.26. The Balaban J connectivity index is 2.72. The molecule has 2 N–H and O–H groups in total. The summed E-state index contributed by atoms with van der Waals surface area (Å²) in [6.07, 6.45) is 0.664. The zero-order valence-electron chi connectivity index (χ0n) is 8.70. The molecule has 15 heavy (non-hydrogen) atoms. The van der Waals surface area contributed by atoms with Crippen LogP contribution in [0.15, 0.2) is 36.6 Å². The lowest BCUT2D eigenvalue weighted by Gasteiger charge is -2.14. The highest BCUT2D eigenvalue weighted by molar-refractivity contribution is 5.32. The van der Waals surface area contributed by atoms with Crippen molar-refractivity contribution in [2.24, 2.45) is 0 Å². The van der Waals surface area contributed by atoms with Gasteiger partial charge in [-0.25, -0.2) is 0 Å². The highest BCUT2D eigenvalue weighted by atomic mass is 16.3. The smallest absolute Gasteiger partial charge is 0.102 e. The van der Waals surface area contributed by atoms with Crippen molar-refractivity contribution in [1.29, 1.82) is 5.26 Å². The maximum Gasteiger partial charge on any atom is 0.102 e. The third kappa shape index (κ3) is 3.12. The topological polar surface area (TPSA) is 56.0 Å². The molecule has 0 spiro atoms. The molecule has 0 saturated heterocycles. The number of likely N-dealkylation sites (N-methyl/N-ethyl adjacent to an activating group) is 1. The van der Waals surface area contributed by atoms with Gasteiger partial charge in [0, 0.05) is 0 Å². The van der Waals surface area contributed by atoms with Crippen LogP contribution in [0.4, 0.5) is 0 Å². The molecule has 0 fully saturated rings. The van der Waals surface area contributed by atoms with Crippen molar-refractivity contribution >= 4 is 0 Å². The average molecular weight is 202 g/mol. The van der Waals surface area contributed by atoms with Crippen molar-refractivity contribution in [2.45, 2.75) is 12.5 Å². The van der Waals surface area contributed by atoms with E-state index in [0.717, 1.165) is 5.56 Å². The van der Waals surface area contributed by atoms with Gasteiger partial charge in [0.15, 0.2) is 0 Å². The molecule has 1 aromatic rings. The Hall–Kier alpha value is -1.79. The Morgan fingerprint density at radius 2 is 2.13 bits per heavy atom. The molecule has 1 unspecified atom stereocenters. The van der Waals surface area contributed by atoms with Gasteiger partial charge in [-0.15, -0.1) is 0 Å². The molecule has 3 heteroatoms. The average Bonchev–Trinajstić information content (AvgIpc) is 2.26. The first-order valence-electron chi connectivity index (χ1n) is 4.71. The van der Waals surface area contributed by atoms with E-state index in [4.69, 9.17) is 5.26 Å². The Labute approximate surface area is 89.7 Å². The number of nitriles is 1. The van der Waals surface area contributed by atoms with Crippen LogP contribution in [0.1, 0.15) is 11.1 Å². The second-order valence-electron chi connectivity index (χ2n) is 3.35. The van der Waals surface area contributed by atoms with E-state index in [1.807, 2.05) is 12.1 Å². The second-order valence-corrected chi connectivity index (χ2v) is 3.35. The molecular formula is C12H14N2O. The monoisotopic (exact) mass is 202 g/mol. The molecule has 1 atom stereocenters. The molecular weight excluding hydrogens is 188 g/mol. The summed E-state index contributed by atoms with van der Waals surface area (Å²) in [5, 5.41) is 20.9. The number of hydrogen-bond acceptors (Lipinski definition) is 3. The molecule has 1 rings (SSSR count). The minimum Gasteiger partial charge on any atom is -0.511 e. The van der Waals surface area contributed by atoms with Gasteiger partial charge in [-0.05, 0) is 31.2 Å². The second kappa shape index (κ2) is 5.18. The van der Waals surface area contributed by atoms with Crippen LogP contribution in [0.25, 0.3) is 0 Å². The van der Waals surface area contributed by atoms with Gasteiger partial charge in [0.25, 0.3) is 0 Å². The Morgan fingerprint density at radius 3 is 2.53 bits per heavy atom. The van der Waals surface area contributed by atoms with E-state index in [0.29, 0.717) is 12.0 Å². The summed E-state index contributed by atoms with van der Waals surface area (Å²) in [6.45, 7) is 3.50. The fraction of sp³-hybridized carbons (Fsp3) is 0.250. The van der Waals surface area contributed by atoms with Crippen molar-refractivity contribution < 1.29 is 5.11 Å². The van der Waals surface area contributed by atoms with E-state index in [2.05, 4.69) is 18.0 Å². The summed E-state index contributed by atoms with van der Waals surface area (Å²) in [4.78, 5) is 0. The molecule has 0 aliphatic rings. The third-order valence-electron chi connectivity index (χ3n) is 2.27. The van der Waals surface area contributed by atoms with Crippen LogP contribution in [-0.2, 0) is 6.42 Å². The SMILES string of the molecule is C=C(O)C(Cc1ccc(C#N)cc1)NC. The number of nitrogens with one attached hydrogen (secondary N) is 1. The summed E-state index contributed by atoms with van der Waals surface area (Å²) in [7, 11) is 1.77. The van der Waals surface area contributed by atoms with Gasteiger partial charge < -0.3 is 10.4 Å². The first-order valence-corrected chi connectivity index (χ1v) is 4.71. The first-order chi connectivity index (χ1) is 7.17. The maximum absolute atomic E-state index is 9.26. The lowest BCUT2D eigenvalue weighted by Crippen LogP contribution is -2.29. The number of aliphatic hydroxyl groups is 1. The van der Waals surface area contributed by atoms with Crippen LogP contribution in [0.5, 0.6) is 0 Å². The summed E-state index contributed by atoms with van der Waals surface area (Å²) in [6, 6.07) is 9.21. The predicted octanol–water partition coefficient (Wildman–Crippen LogP) is 1.76. The largest absolute Gasteiger partial charge is 0.511 e. The molecule has 1 aromatic carbocycles. The third-order valence-corrected chi connectivity index (χ3v) is 2.27. The van der Waals surface area contributed by atoms with Crippen LogP contribution < -0.4 is 5.32 Å². The lowest BCUT2D eigenvalue weighted by atomic mass is 10.0. The van der Waals surface area contributed by atoms with Crippen LogP contribution >= 0.6 is 0 Å². The van der Waals surface area contributed by atoms with E-state index < -0.39 is 0 Å². The van der Waals surface area contributed by atoms with E-state index in [1.165, 1.54) is 0 Å². The highest BCUT2D eigenvalue weighted by Crippen LogP contribution is 2.08. The minimum absolute atomic E-state index is 0.127. The van der Waals surface area contributed by atoms with Gasteiger partial charge in [0.2, 0.25) is 0 Å². The fourth-order valence-electron chi connectivity index (χ4n) is 1.34. The highest BCUT2D eigenvalue weighted by Gasteiger charge is 2.09. The summed E-state index contributed by atoms with van der Waals surface area (Å²) >= 11 is 0. The molecule has 0 aliphatic carbocycles. The zero-order valence-corrected chi connectivity index (χ0v) is 8.70. The number of rotatable bonds is 4. The van der Waals surface area contributed by atoms with Crippen molar-refractivity contribution in [1.82, 2.24) is 5.32 Å². The standard InChI is InChI=1S/C12H14N2O/c1-9(15)12(14-2)7-10-3-5-11(8-13)6-4-10/h3-6,12,14-15H,1,7H2,2H3. The number of benzene rings is 1. The Bertz CT molecular complexity index is 376. The number of nitrogens with zero attached hydrogens (tertiary/aromatic N) is 1. The number of hydrogen-bond donors (Lipinski definition) is 2. The van der Waals surface area contributed by atoms with Gasteiger partial charge in [-0.3, -0.25) is 0 Å².